The van der Waals surface area contributed by atoms with Gasteiger partial charge in [-0.3, -0.25) is 4.79 Å². The van der Waals surface area contributed by atoms with E-state index in [1.54, 1.807) is 5.59 Å². The maximum Gasteiger partial charge on any atom is 0.328 e. The van der Waals surface area contributed by atoms with Gasteiger partial charge in [0.25, 0.3) is 0 Å². The SMILES string of the molecule is NNOC(=O)CCO. The Hall–Kier alpha value is -0.650. The maximum atomic E-state index is 10.1. The summed E-state index contributed by atoms with van der Waals surface area (Å²) in [7, 11) is 0. The molecule has 0 aromatic heterocycles. The Kier molecular flexibility index (Phi) is 4.14. The zero-order valence-electron chi connectivity index (χ0n) is 4.26. The second-order valence-electron chi connectivity index (χ2n) is 1.07. The van der Waals surface area contributed by atoms with Crippen molar-refractivity contribution in [2.24, 2.45) is 5.84 Å². The molecule has 48 valence electrons. The number of hydrazine groups is 1. The summed E-state index contributed by atoms with van der Waals surface area (Å²) in [5.41, 5.74) is 1.69. The first-order valence-electron chi connectivity index (χ1n) is 2.07. The van der Waals surface area contributed by atoms with E-state index in [1.807, 2.05) is 0 Å². The number of hydrogen-bond acceptors (Lipinski definition) is 5. The third-order valence-electron chi connectivity index (χ3n) is 0.489. The highest BCUT2D eigenvalue weighted by atomic mass is 16.7. The van der Waals surface area contributed by atoms with Gasteiger partial charge in [0.05, 0.1) is 13.0 Å². The number of carbonyl (C=O) groups excluding carboxylic acids is 1. The van der Waals surface area contributed by atoms with Crippen LogP contribution < -0.4 is 11.4 Å². The van der Waals surface area contributed by atoms with Crippen LogP contribution in [-0.2, 0) is 9.63 Å². The first-order chi connectivity index (χ1) is 3.81. The second kappa shape index (κ2) is 4.51. The molecule has 0 aliphatic carbocycles. The van der Waals surface area contributed by atoms with Gasteiger partial charge in [0, 0.05) is 0 Å². The molecule has 0 aromatic carbocycles. The van der Waals surface area contributed by atoms with Crippen LogP contribution in [0.4, 0.5) is 0 Å². The van der Waals surface area contributed by atoms with Crippen LogP contribution in [0.2, 0.25) is 0 Å². The molecule has 0 unspecified atom stereocenters. The van der Waals surface area contributed by atoms with Crippen LogP contribution in [0.25, 0.3) is 0 Å². The number of hydrogen-bond donors (Lipinski definition) is 3. The van der Waals surface area contributed by atoms with Gasteiger partial charge in [-0.05, 0) is 0 Å². The van der Waals surface area contributed by atoms with E-state index < -0.39 is 5.97 Å². The van der Waals surface area contributed by atoms with Gasteiger partial charge in [-0.2, -0.15) is 0 Å². The third-order valence-corrected chi connectivity index (χ3v) is 0.489. The van der Waals surface area contributed by atoms with Crippen LogP contribution in [0.1, 0.15) is 6.42 Å². The van der Waals surface area contributed by atoms with Gasteiger partial charge in [0.2, 0.25) is 0 Å². The second-order valence-corrected chi connectivity index (χ2v) is 1.07. The quantitative estimate of drug-likeness (QED) is 0.305. The Balaban J connectivity index is 3.06. The van der Waals surface area contributed by atoms with E-state index in [2.05, 4.69) is 10.7 Å². The first kappa shape index (κ1) is 7.35. The maximum absolute atomic E-state index is 10.1. The summed E-state index contributed by atoms with van der Waals surface area (Å²) in [6, 6.07) is 0. The topological polar surface area (TPSA) is 84.6 Å². The van der Waals surface area contributed by atoms with Crippen molar-refractivity contribution >= 4 is 5.97 Å². The Morgan fingerprint density at radius 3 is 2.88 bits per heavy atom. The molecule has 0 saturated carbocycles. The van der Waals surface area contributed by atoms with E-state index in [-0.39, 0.29) is 13.0 Å². The van der Waals surface area contributed by atoms with E-state index in [0.29, 0.717) is 0 Å². The Bertz CT molecular complexity index is 66.9. The van der Waals surface area contributed by atoms with Crippen molar-refractivity contribution in [1.82, 2.24) is 5.59 Å². The minimum atomic E-state index is -0.574. The van der Waals surface area contributed by atoms with Gasteiger partial charge in [-0.25, -0.2) is 5.84 Å². The molecule has 0 amide bonds. The largest absolute Gasteiger partial charge is 0.396 e. The lowest BCUT2D eigenvalue weighted by atomic mass is 10.5. The summed E-state index contributed by atoms with van der Waals surface area (Å²) < 4.78 is 0. The first-order valence-corrected chi connectivity index (χ1v) is 2.07. The summed E-state index contributed by atoms with van der Waals surface area (Å²) >= 11 is 0. The van der Waals surface area contributed by atoms with Crippen molar-refractivity contribution in [1.29, 1.82) is 0 Å². The Morgan fingerprint density at radius 2 is 2.50 bits per heavy atom. The molecule has 0 radical (unpaired) electrons. The number of nitrogens with one attached hydrogen (secondary N) is 1. The normalized spacial score (nSPS) is 8.75. The van der Waals surface area contributed by atoms with Crippen molar-refractivity contribution < 1.29 is 14.7 Å². The van der Waals surface area contributed by atoms with Crippen LogP contribution in [0.5, 0.6) is 0 Å². The number of aliphatic hydroxyl groups is 1. The molecule has 0 saturated heterocycles. The zero-order valence-corrected chi connectivity index (χ0v) is 4.26. The van der Waals surface area contributed by atoms with Gasteiger partial charge < -0.3 is 9.94 Å². The van der Waals surface area contributed by atoms with Crippen molar-refractivity contribution in [2.75, 3.05) is 6.61 Å². The van der Waals surface area contributed by atoms with E-state index in [0.717, 1.165) is 0 Å². The predicted octanol–water partition coefficient (Wildman–Crippen LogP) is -1.71. The number of carbonyl (C=O) groups is 1. The van der Waals surface area contributed by atoms with Gasteiger partial charge >= 0.3 is 5.97 Å². The Labute approximate surface area is 46.4 Å². The molecule has 0 aliphatic rings. The minimum Gasteiger partial charge on any atom is -0.396 e. The molecule has 0 heterocycles. The fraction of sp³-hybridized carbons (Fsp3) is 0.667. The zero-order chi connectivity index (χ0) is 6.41. The van der Waals surface area contributed by atoms with Crippen molar-refractivity contribution in [3.05, 3.63) is 0 Å². The molecular formula is C3H8N2O3. The molecule has 0 rings (SSSR count). The molecular weight excluding hydrogens is 112 g/mol. The van der Waals surface area contributed by atoms with Gasteiger partial charge in [0.15, 0.2) is 0 Å². The van der Waals surface area contributed by atoms with E-state index >= 15 is 0 Å². The van der Waals surface area contributed by atoms with Crippen molar-refractivity contribution in [3.8, 4) is 0 Å². The molecule has 8 heavy (non-hydrogen) atoms. The summed E-state index contributed by atoms with van der Waals surface area (Å²) in [4.78, 5) is 14.1. The highest BCUT2D eigenvalue weighted by Gasteiger charge is 1.97. The molecule has 0 aromatic rings. The van der Waals surface area contributed by atoms with E-state index in [1.165, 1.54) is 0 Å². The van der Waals surface area contributed by atoms with Crippen LogP contribution in [-0.4, -0.2) is 17.7 Å². The highest BCUT2D eigenvalue weighted by molar-refractivity contribution is 5.68. The third kappa shape index (κ3) is 3.54. The van der Waals surface area contributed by atoms with Crippen LogP contribution in [0.15, 0.2) is 0 Å². The van der Waals surface area contributed by atoms with Gasteiger partial charge in [-0.15, -0.1) is 0 Å². The number of rotatable bonds is 3. The average Bonchev–Trinajstić information content (AvgIpc) is 1.68. The smallest absolute Gasteiger partial charge is 0.328 e. The van der Waals surface area contributed by atoms with Crippen LogP contribution >= 0.6 is 0 Å². The number of aliphatic hydroxyl groups excluding tert-OH is 1. The average molecular weight is 120 g/mol. The molecule has 0 spiro atoms. The molecule has 4 N–H and O–H groups in total. The molecule has 0 fully saturated rings. The summed E-state index contributed by atoms with van der Waals surface area (Å²) in [5.74, 6) is 4.01. The van der Waals surface area contributed by atoms with Crippen molar-refractivity contribution in [2.45, 2.75) is 6.42 Å². The van der Waals surface area contributed by atoms with E-state index in [9.17, 15) is 4.79 Å². The highest BCUT2D eigenvalue weighted by Crippen LogP contribution is 1.77. The van der Waals surface area contributed by atoms with Gasteiger partial charge in [0.1, 0.15) is 0 Å². The predicted molar refractivity (Wildman–Crippen MR) is 25.1 cm³/mol. The monoisotopic (exact) mass is 120 g/mol. The van der Waals surface area contributed by atoms with Crippen LogP contribution in [0.3, 0.4) is 0 Å². The molecule has 0 bridgehead atoms. The molecule has 5 heteroatoms. The molecule has 0 aliphatic heterocycles. The lowest BCUT2D eigenvalue weighted by Gasteiger charge is -1.95. The lowest BCUT2D eigenvalue weighted by molar-refractivity contribution is -0.151. The fourth-order valence-electron chi connectivity index (χ4n) is 0.208. The van der Waals surface area contributed by atoms with Gasteiger partial charge in [-0.1, -0.05) is 5.59 Å². The van der Waals surface area contributed by atoms with E-state index in [4.69, 9.17) is 5.11 Å². The summed E-state index contributed by atoms with van der Waals surface area (Å²) in [6.45, 7) is -0.222. The summed E-state index contributed by atoms with van der Waals surface area (Å²) in [6.07, 6.45) is -0.0375. The van der Waals surface area contributed by atoms with Crippen molar-refractivity contribution in [3.63, 3.8) is 0 Å². The Morgan fingerprint density at radius 1 is 1.88 bits per heavy atom. The standard InChI is InChI=1S/C3H8N2O3/c4-5-8-3(7)1-2-6/h5-6H,1-2,4H2. The fourth-order valence-corrected chi connectivity index (χ4v) is 0.208. The summed E-state index contributed by atoms with van der Waals surface area (Å²) in [5, 5.41) is 8.09. The van der Waals surface area contributed by atoms with Crippen LogP contribution in [0, 0.1) is 0 Å². The molecule has 5 nitrogen and oxygen atoms in total. The molecule has 0 atom stereocenters. The lowest BCUT2D eigenvalue weighted by Crippen LogP contribution is -2.26. The number of nitrogens with two attached hydrogens (primary N) is 1. The minimum absolute atomic E-state index is 0.0375.